The fourth-order valence-corrected chi connectivity index (χ4v) is 4.48. The molecule has 1 saturated carbocycles. The summed E-state index contributed by atoms with van der Waals surface area (Å²) in [5, 5.41) is 23.0. The molecule has 0 radical (unpaired) electrons. The van der Waals surface area contributed by atoms with Gasteiger partial charge in [0.1, 0.15) is 34.9 Å². The molecule has 0 unspecified atom stereocenters. The Hall–Kier alpha value is -2.03. The van der Waals surface area contributed by atoms with E-state index in [0.29, 0.717) is 35.6 Å². The van der Waals surface area contributed by atoms with E-state index in [0.717, 1.165) is 5.56 Å². The maximum Gasteiger partial charge on any atom is 0.164 e. The molecule has 8 heteroatoms. The summed E-state index contributed by atoms with van der Waals surface area (Å²) in [7, 11) is 0. The highest BCUT2D eigenvalue weighted by atomic mass is 35.5. The Bertz CT molecular complexity index is 998. The molecule has 2 fully saturated rings. The van der Waals surface area contributed by atoms with E-state index in [1.54, 1.807) is 16.8 Å². The molecular weight excluding hydrogens is 382 g/mol. The Labute approximate surface area is 166 Å². The van der Waals surface area contributed by atoms with Gasteiger partial charge in [-0.2, -0.15) is 0 Å². The molecule has 3 aromatic rings. The lowest BCUT2D eigenvalue weighted by Crippen LogP contribution is -2.46. The molecule has 2 N–H and O–H groups in total. The van der Waals surface area contributed by atoms with E-state index < -0.39 is 24.0 Å². The lowest BCUT2D eigenvalue weighted by Gasteiger charge is -2.26. The van der Waals surface area contributed by atoms with E-state index >= 15 is 0 Å². The smallest absolute Gasteiger partial charge is 0.164 e. The first kappa shape index (κ1) is 18.0. The van der Waals surface area contributed by atoms with Crippen molar-refractivity contribution in [2.24, 2.45) is 0 Å². The van der Waals surface area contributed by atoms with Gasteiger partial charge in [-0.3, -0.25) is 0 Å². The number of benzene rings is 1. The molecule has 146 valence electrons. The van der Waals surface area contributed by atoms with Crippen LogP contribution in [0.1, 0.15) is 24.6 Å². The zero-order chi connectivity index (χ0) is 19.3. The minimum Gasteiger partial charge on any atom is -0.385 e. The van der Waals surface area contributed by atoms with Crippen LogP contribution in [0.25, 0.3) is 11.0 Å². The van der Waals surface area contributed by atoms with Crippen LogP contribution >= 0.6 is 11.6 Å². The molecule has 5 rings (SSSR count). The summed E-state index contributed by atoms with van der Waals surface area (Å²) in [6.45, 7) is 0.428. The van der Waals surface area contributed by atoms with Crippen molar-refractivity contribution < 1.29 is 19.7 Å². The molecule has 28 heavy (non-hydrogen) atoms. The second kappa shape index (κ2) is 6.79. The quantitative estimate of drug-likeness (QED) is 0.653. The van der Waals surface area contributed by atoms with Crippen LogP contribution in [0.4, 0.5) is 0 Å². The topological polar surface area (TPSA) is 89.6 Å². The van der Waals surface area contributed by atoms with Gasteiger partial charge < -0.3 is 24.3 Å². The number of fused-ring (bicyclic) bond motifs is 2. The van der Waals surface area contributed by atoms with Crippen molar-refractivity contribution in [3.8, 4) is 0 Å². The highest BCUT2D eigenvalue weighted by Gasteiger charge is 2.62. The van der Waals surface area contributed by atoms with Crippen molar-refractivity contribution in [1.29, 1.82) is 0 Å². The highest BCUT2D eigenvalue weighted by molar-refractivity contribution is 6.33. The Kier molecular flexibility index (Phi) is 4.37. The van der Waals surface area contributed by atoms with Crippen molar-refractivity contribution in [3.63, 3.8) is 0 Å². The van der Waals surface area contributed by atoms with Crippen LogP contribution in [0.5, 0.6) is 0 Å². The van der Waals surface area contributed by atoms with Crippen LogP contribution in [0.3, 0.4) is 0 Å². The van der Waals surface area contributed by atoms with Gasteiger partial charge >= 0.3 is 0 Å². The molecule has 5 atom stereocenters. The number of rotatable bonds is 4. The van der Waals surface area contributed by atoms with E-state index in [1.807, 2.05) is 30.3 Å². The second-order valence-corrected chi connectivity index (χ2v) is 7.74. The van der Waals surface area contributed by atoms with Crippen LogP contribution in [0.2, 0.25) is 5.15 Å². The lowest BCUT2D eigenvalue weighted by molar-refractivity contribution is -0.109. The maximum atomic E-state index is 11.1. The maximum absolute atomic E-state index is 11.1. The van der Waals surface area contributed by atoms with Gasteiger partial charge in [-0.15, -0.1) is 0 Å². The second-order valence-electron chi connectivity index (χ2n) is 7.38. The summed E-state index contributed by atoms with van der Waals surface area (Å²) < 4.78 is 13.9. The fraction of sp³-hybridized carbons (Fsp3) is 0.400. The first-order chi connectivity index (χ1) is 13.6. The van der Waals surface area contributed by atoms with Crippen LogP contribution in [0, 0.1) is 0 Å². The predicted molar refractivity (Wildman–Crippen MR) is 102 cm³/mol. The van der Waals surface area contributed by atoms with Crippen LogP contribution < -0.4 is 0 Å². The van der Waals surface area contributed by atoms with E-state index in [9.17, 15) is 10.2 Å². The summed E-state index contributed by atoms with van der Waals surface area (Å²) in [5.74, 6) is 0. The Balaban J connectivity index is 1.39. The monoisotopic (exact) mass is 401 g/mol. The van der Waals surface area contributed by atoms with Crippen molar-refractivity contribution in [1.82, 2.24) is 14.5 Å². The van der Waals surface area contributed by atoms with Crippen molar-refractivity contribution in [2.45, 2.75) is 49.6 Å². The minimum absolute atomic E-state index is 0.301. The molecule has 2 aromatic heterocycles. The number of aliphatic hydroxyl groups excluding tert-OH is 1. The van der Waals surface area contributed by atoms with Crippen molar-refractivity contribution >= 4 is 22.6 Å². The number of hydrogen-bond donors (Lipinski definition) is 2. The summed E-state index contributed by atoms with van der Waals surface area (Å²) in [4.78, 5) is 8.23. The zero-order valence-corrected chi connectivity index (χ0v) is 15.7. The molecule has 3 heterocycles. The third kappa shape index (κ3) is 2.74. The molecule has 1 aliphatic carbocycles. The lowest BCUT2D eigenvalue weighted by atomic mass is 9.94. The molecule has 7 nitrogen and oxygen atoms in total. The number of ether oxygens (including phenoxy) is 2. The average Bonchev–Trinajstić information content (AvgIpc) is 3.34. The van der Waals surface area contributed by atoms with Gasteiger partial charge in [0.05, 0.1) is 18.1 Å². The largest absolute Gasteiger partial charge is 0.385 e. The molecule has 1 aliphatic heterocycles. The number of hydrogen-bond acceptors (Lipinski definition) is 6. The summed E-state index contributed by atoms with van der Waals surface area (Å²) in [6, 6.07) is 11.6. The predicted octanol–water partition coefficient (Wildman–Crippen LogP) is 2.45. The number of aromatic nitrogens is 3. The molecule has 0 amide bonds. The molecule has 1 aromatic carbocycles. The number of aliphatic hydroxyl groups is 2. The van der Waals surface area contributed by atoms with Gasteiger partial charge in [-0.1, -0.05) is 41.9 Å². The molecule has 2 aliphatic rings. The average molecular weight is 402 g/mol. The Morgan fingerprint density at radius 1 is 1.25 bits per heavy atom. The summed E-state index contributed by atoms with van der Waals surface area (Å²) in [6.07, 6.45) is 1.33. The number of halogens is 1. The van der Waals surface area contributed by atoms with E-state index in [-0.39, 0.29) is 6.10 Å². The van der Waals surface area contributed by atoms with E-state index in [1.165, 1.54) is 6.33 Å². The highest BCUT2D eigenvalue weighted by Crippen LogP contribution is 2.48. The Morgan fingerprint density at radius 2 is 2.07 bits per heavy atom. The SMILES string of the molecule is O[C@H]1[C@H](n2ccc3c(Cl)ncnc32)O[C@@H]2[C@H](OCc3ccccc3)CC[C@@]21O. The minimum atomic E-state index is -1.36. The van der Waals surface area contributed by atoms with E-state index in [4.69, 9.17) is 21.1 Å². The molecule has 1 saturated heterocycles. The van der Waals surface area contributed by atoms with Gasteiger partial charge in [-0.25, -0.2) is 9.97 Å². The summed E-state index contributed by atoms with van der Waals surface area (Å²) in [5.41, 5.74) is 0.240. The van der Waals surface area contributed by atoms with Gasteiger partial charge in [0.25, 0.3) is 0 Å². The third-order valence-electron chi connectivity index (χ3n) is 5.77. The van der Waals surface area contributed by atoms with Crippen LogP contribution in [0.15, 0.2) is 48.9 Å². The first-order valence-corrected chi connectivity index (χ1v) is 9.64. The molecule has 0 spiro atoms. The zero-order valence-electron chi connectivity index (χ0n) is 15.0. The van der Waals surface area contributed by atoms with Crippen LogP contribution in [-0.4, -0.2) is 48.7 Å². The standard InChI is InChI=1S/C20H20ClN3O4/c21-17-13-7-9-24(18(13)23-11-22-17)19-15(25)20(26)8-6-14(16(20)28-19)27-10-12-4-2-1-3-5-12/h1-5,7,9,11,14-16,19,25-26H,6,8,10H2/t14-,15+,16-,19-,20+/m1/s1. The number of nitrogens with zero attached hydrogens (tertiary/aromatic N) is 3. The van der Waals surface area contributed by atoms with Gasteiger partial charge in [0.2, 0.25) is 0 Å². The van der Waals surface area contributed by atoms with Crippen molar-refractivity contribution in [2.75, 3.05) is 0 Å². The first-order valence-electron chi connectivity index (χ1n) is 9.26. The van der Waals surface area contributed by atoms with Crippen LogP contribution in [-0.2, 0) is 16.1 Å². The summed E-state index contributed by atoms with van der Waals surface area (Å²) >= 11 is 6.12. The molecule has 0 bridgehead atoms. The molecular formula is C20H20ClN3O4. The Morgan fingerprint density at radius 3 is 2.89 bits per heavy atom. The van der Waals surface area contributed by atoms with Gasteiger partial charge in [-0.05, 0) is 24.5 Å². The normalized spacial score (nSPS) is 32.1. The van der Waals surface area contributed by atoms with Crippen molar-refractivity contribution in [3.05, 3.63) is 59.6 Å². The fourth-order valence-electron chi connectivity index (χ4n) is 4.29. The van der Waals surface area contributed by atoms with Gasteiger partial charge in [0.15, 0.2) is 6.23 Å². The van der Waals surface area contributed by atoms with Gasteiger partial charge in [0, 0.05) is 6.20 Å². The third-order valence-corrected chi connectivity index (χ3v) is 6.07. The van der Waals surface area contributed by atoms with E-state index in [2.05, 4.69) is 9.97 Å².